The van der Waals surface area contributed by atoms with Crippen LogP contribution >= 0.6 is 0 Å². The van der Waals surface area contributed by atoms with Gasteiger partial charge in [0, 0.05) is 25.4 Å². The highest BCUT2D eigenvalue weighted by Crippen LogP contribution is 2.42. The van der Waals surface area contributed by atoms with E-state index in [0.717, 1.165) is 12.1 Å². The van der Waals surface area contributed by atoms with Gasteiger partial charge in [-0.3, -0.25) is 14.3 Å². The lowest BCUT2D eigenvalue weighted by Crippen LogP contribution is -2.27. The summed E-state index contributed by atoms with van der Waals surface area (Å²) in [4.78, 5) is 22.2. The first-order chi connectivity index (χ1) is 15.9. The molecule has 1 aliphatic carbocycles. The van der Waals surface area contributed by atoms with Gasteiger partial charge in [0.25, 0.3) is 0 Å². The molecule has 1 amide bonds. The number of carbonyl (C=O) groups is 2. The number of sulfone groups is 1. The van der Waals surface area contributed by atoms with Crippen LogP contribution in [0.4, 0.5) is 13.2 Å². The third-order valence-electron chi connectivity index (χ3n) is 5.76. The van der Waals surface area contributed by atoms with Crippen molar-refractivity contribution in [2.24, 2.45) is 5.92 Å². The molecule has 1 saturated carbocycles. The zero-order chi connectivity index (χ0) is 25.3. The number of rotatable bonds is 8. The van der Waals surface area contributed by atoms with E-state index in [2.05, 4.69) is 10.4 Å². The van der Waals surface area contributed by atoms with Gasteiger partial charge < -0.3 is 15.2 Å². The van der Waals surface area contributed by atoms with Crippen molar-refractivity contribution < 1.29 is 41.0 Å². The molecule has 2 aromatic rings. The topological polar surface area (TPSA) is 128 Å². The summed E-state index contributed by atoms with van der Waals surface area (Å²) in [5.41, 5.74) is -1.02. The highest BCUT2D eigenvalue weighted by molar-refractivity contribution is 7.92. The summed E-state index contributed by atoms with van der Waals surface area (Å²) in [5, 5.41) is 14.5. The van der Waals surface area contributed by atoms with Gasteiger partial charge >= 0.3 is 12.1 Å². The van der Waals surface area contributed by atoms with E-state index in [9.17, 15) is 36.3 Å². The van der Waals surface area contributed by atoms with Crippen LogP contribution in [-0.2, 0) is 36.9 Å². The van der Waals surface area contributed by atoms with Crippen molar-refractivity contribution in [2.45, 2.75) is 48.7 Å². The van der Waals surface area contributed by atoms with Gasteiger partial charge in [0.1, 0.15) is 6.54 Å². The minimum atomic E-state index is -4.99. The summed E-state index contributed by atoms with van der Waals surface area (Å²) in [6, 6.07) is 2.83. The number of carboxylic acids is 1. The van der Waals surface area contributed by atoms with Crippen LogP contribution in [0.1, 0.15) is 25.3 Å². The SMILES string of the molecule is CCNC(=O)Cn1cc(-c2ccc(S(=O)(=O)[C@@H]3C[C@H](OC)[C@@H](C(=O)O)C3)c(C(F)(F)F)c2)cn1. The molecule has 34 heavy (non-hydrogen) atoms. The van der Waals surface area contributed by atoms with Crippen LogP contribution in [0, 0.1) is 5.92 Å². The van der Waals surface area contributed by atoms with E-state index in [1.54, 1.807) is 6.92 Å². The monoisotopic (exact) mass is 503 g/mol. The van der Waals surface area contributed by atoms with Gasteiger partial charge in [0.15, 0.2) is 9.84 Å². The molecule has 0 bridgehead atoms. The Balaban J connectivity index is 1.97. The molecule has 1 heterocycles. The number of hydrogen-bond donors (Lipinski definition) is 2. The van der Waals surface area contributed by atoms with Crippen molar-refractivity contribution in [1.82, 2.24) is 15.1 Å². The van der Waals surface area contributed by atoms with E-state index >= 15 is 0 Å². The second kappa shape index (κ2) is 9.74. The first-order valence-corrected chi connectivity index (χ1v) is 11.9. The minimum Gasteiger partial charge on any atom is -0.481 e. The molecular formula is C21H24F3N3O6S. The summed E-state index contributed by atoms with van der Waals surface area (Å²) >= 11 is 0. The van der Waals surface area contributed by atoms with Crippen LogP contribution in [-0.4, -0.2) is 60.2 Å². The number of benzene rings is 1. The molecule has 1 aromatic carbocycles. The molecule has 9 nitrogen and oxygen atoms in total. The number of carbonyl (C=O) groups excluding carboxylic acids is 1. The van der Waals surface area contributed by atoms with Gasteiger partial charge in [-0.25, -0.2) is 8.42 Å². The molecule has 2 N–H and O–H groups in total. The fourth-order valence-corrected chi connectivity index (χ4v) is 6.09. The van der Waals surface area contributed by atoms with Gasteiger partial charge in [-0.05, 0) is 37.5 Å². The minimum absolute atomic E-state index is 0.0676. The van der Waals surface area contributed by atoms with Crippen LogP contribution in [0.15, 0.2) is 35.5 Å². The number of carboxylic acid groups (broad SMARTS) is 1. The largest absolute Gasteiger partial charge is 0.481 e. The van der Waals surface area contributed by atoms with Gasteiger partial charge in [-0.15, -0.1) is 0 Å². The smallest absolute Gasteiger partial charge is 0.417 e. The fourth-order valence-electron chi connectivity index (χ4n) is 4.09. The summed E-state index contributed by atoms with van der Waals surface area (Å²) in [5.74, 6) is -2.71. The number of likely N-dealkylation sites (N-methyl/N-ethyl adjacent to an activating group) is 1. The second-order valence-electron chi connectivity index (χ2n) is 7.95. The third kappa shape index (κ3) is 5.25. The Morgan fingerprint density at radius 1 is 1.26 bits per heavy atom. The predicted molar refractivity (Wildman–Crippen MR) is 113 cm³/mol. The zero-order valence-electron chi connectivity index (χ0n) is 18.4. The number of halogens is 3. The zero-order valence-corrected chi connectivity index (χ0v) is 19.2. The van der Waals surface area contributed by atoms with Gasteiger partial charge in [0.2, 0.25) is 5.91 Å². The van der Waals surface area contributed by atoms with E-state index in [4.69, 9.17) is 4.74 Å². The molecule has 186 valence electrons. The lowest BCUT2D eigenvalue weighted by atomic mass is 10.1. The number of alkyl halides is 3. The third-order valence-corrected chi connectivity index (χ3v) is 7.99. The average Bonchev–Trinajstić information content (AvgIpc) is 3.40. The van der Waals surface area contributed by atoms with Crippen LogP contribution in [0.3, 0.4) is 0 Å². The molecule has 0 aliphatic heterocycles. The van der Waals surface area contributed by atoms with Crippen LogP contribution < -0.4 is 5.32 Å². The quantitative estimate of drug-likeness (QED) is 0.566. The summed E-state index contributed by atoms with van der Waals surface area (Å²) in [6.07, 6.45) is -3.80. The molecule has 3 atom stereocenters. The molecule has 0 saturated heterocycles. The molecule has 0 radical (unpaired) electrons. The van der Waals surface area contributed by atoms with Crippen molar-refractivity contribution in [3.05, 3.63) is 36.2 Å². The maximum absolute atomic E-state index is 13.9. The van der Waals surface area contributed by atoms with E-state index in [1.165, 1.54) is 30.3 Å². The number of aromatic nitrogens is 2. The number of ether oxygens (including phenoxy) is 1. The summed E-state index contributed by atoms with van der Waals surface area (Å²) in [6.45, 7) is 2.03. The summed E-state index contributed by atoms with van der Waals surface area (Å²) in [7, 11) is -3.28. The number of hydrogen-bond acceptors (Lipinski definition) is 6. The molecule has 1 aromatic heterocycles. The first kappa shape index (κ1) is 25.7. The Kier molecular flexibility index (Phi) is 7.36. The van der Waals surface area contributed by atoms with Crippen molar-refractivity contribution in [2.75, 3.05) is 13.7 Å². The van der Waals surface area contributed by atoms with Gasteiger partial charge in [-0.2, -0.15) is 18.3 Å². The molecular weight excluding hydrogens is 479 g/mol. The maximum Gasteiger partial charge on any atom is 0.417 e. The standard InChI is InChI=1S/C21H24F3N3O6S/c1-3-25-19(28)11-27-10-13(9-26-27)12-4-5-18(16(6-12)21(22,23)24)34(31,32)14-7-15(20(29)30)17(8-14)33-2/h4-6,9-10,14-15,17H,3,7-8,11H2,1-2H3,(H,25,28)(H,29,30)/t14-,15-,17-/m0/s1. The van der Waals surface area contributed by atoms with Crippen LogP contribution in [0.5, 0.6) is 0 Å². The molecule has 3 rings (SSSR count). The number of nitrogens with one attached hydrogen (secondary N) is 1. The van der Waals surface area contributed by atoms with E-state index in [0.29, 0.717) is 6.54 Å². The van der Waals surface area contributed by atoms with E-state index in [1.807, 2.05) is 0 Å². The van der Waals surface area contributed by atoms with E-state index in [-0.39, 0.29) is 36.4 Å². The van der Waals surface area contributed by atoms with Gasteiger partial charge in [0.05, 0.1) is 33.9 Å². The van der Waals surface area contributed by atoms with Crippen molar-refractivity contribution >= 4 is 21.7 Å². The fraction of sp³-hybridized carbons (Fsp3) is 0.476. The van der Waals surface area contributed by atoms with Crippen LogP contribution in [0.2, 0.25) is 0 Å². The van der Waals surface area contributed by atoms with E-state index < -0.39 is 49.7 Å². The molecule has 0 unspecified atom stereocenters. The lowest BCUT2D eigenvalue weighted by molar-refractivity contribution is -0.145. The Hall–Kier alpha value is -2.93. The predicted octanol–water partition coefficient (Wildman–Crippen LogP) is 2.36. The highest BCUT2D eigenvalue weighted by Gasteiger charge is 2.47. The molecule has 1 fully saturated rings. The lowest BCUT2D eigenvalue weighted by Gasteiger charge is -2.18. The first-order valence-electron chi connectivity index (χ1n) is 10.4. The Morgan fingerprint density at radius 3 is 2.53 bits per heavy atom. The highest BCUT2D eigenvalue weighted by atomic mass is 32.2. The molecule has 13 heteroatoms. The van der Waals surface area contributed by atoms with Crippen LogP contribution in [0.25, 0.3) is 11.1 Å². The number of nitrogens with zero attached hydrogens (tertiary/aromatic N) is 2. The molecule has 0 spiro atoms. The van der Waals surface area contributed by atoms with Gasteiger partial charge in [-0.1, -0.05) is 6.07 Å². The summed E-state index contributed by atoms with van der Waals surface area (Å²) < 4.78 is 74.4. The van der Waals surface area contributed by atoms with Crippen molar-refractivity contribution in [3.63, 3.8) is 0 Å². The molecule has 1 aliphatic rings. The Morgan fingerprint density at radius 2 is 1.97 bits per heavy atom. The second-order valence-corrected chi connectivity index (χ2v) is 10.1. The number of aliphatic carboxylic acids is 1. The maximum atomic E-state index is 13.9. The Labute approximate surface area is 193 Å². The van der Waals surface area contributed by atoms with Crippen molar-refractivity contribution in [3.8, 4) is 11.1 Å². The average molecular weight is 503 g/mol. The van der Waals surface area contributed by atoms with Crippen molar-refractivity contribution in [1.29, 1.82) is 0 Å². The Bertz CT molecular complexity index is 1180. The number of methoxy groups -OCH3 is 1. The normalized spacial score (nSPS) is 20.9. The number of amides is 1.